The molecule has 0 saturated heterocycles. The fourth-order valence-electron chi connectivity index (χ4n) is 9.51. The van der Waals surface area contributed by atoms with Gasteiger partial charge >= 0.3 is 0 Å². The lowest BCUT2D eigenvalue weighted by Gasteiger charge is -2.11. The Balaban J connectivity index is 0.966. The lowest BCUT2D eigenvalue weighted by molar-refractivity contribution is 0.953. The minimum Gasteiger partial charge on any atom is -0.309 e. The first-order valence-corrected chi connectivity index (χ1v) is 21.1. The van der Waals surface area contributed by atoms with Crippen LogP contribution in [0.4, 0.5) is 0 Å². The van der Waals surface area contributed by atoms with Crippen LogP contribution in [0.25, 0.3) is 117 Å². The molecule has 0 amide bonds. The molecule has 8 aromatic carbocycles. The molecule has 5 aromatic heterocycles. The van der Waals surface area contributed by atoms with Crippen LogP contribution in [-0.2, 0) is 0 Å². The van der Waals surface area contributed by atoms with Gasteiger partial charge in [-0.05, 0) is 90.0 Å². The molecule has 13 rings (SSSR count). The molecule has 13 aromatic rings. The van der Waals surface area contributed by atoms with Crippen LogP contribution in [0.3, 0.4) is 0 Å². The second kappa shape index (κ2) is 13.9. The number of hydrogen-bond donors (Lipinski definition) is 0. The summed E-state index contributed by atoms with van der Waals surface area (Å²) in [5.41, 5.74) is 13.9. The van der Waals surface area contributed by atoms with Gasteiger partial charge < -0.3 is 9.13 Å². The Morgan fingerprint density at radius 2 is 0.762 bits per heavy atom. The summed E-state index contributed by atoms with van der Waals surface area (Å²) in [7, 11) is 0. The van der Waals surface area contributed by atoms with Crippen molar-refractivity contribution in [2.45, 2.75) is 0 Å². The van der Waals surface area contributed by atoms with E-state index in [2.05, 4.69) is 153 Å². The Hall–Kier alpha value is -8.68. The van der Waals surface area contributed by atoms with E-state index in [1.54, 1.807) is 0 Å². The Kier molecular flexibility index (Phi) is 7.77. The number of para-hydroxylation sites is 3. The molecule has 294 valence electrons. The van der Waals surface area contributed by atoms with E-state index >= 15 is 0 Å². The first-order valence-electron chi connectivity index (χ1n) is 21.1. The van der Waals surface area contributed by atoms with Crippen molar-refractivity contribution in [1.82, 2.24) is 33.6 Å². The molecule has 0 atom stereocenters. The van der Waals surface area contributed by atoms with Crippen LogP contribution < -0.4 is 0 Å². The summed E-state index contributed by atoms with van der Waals surface area (Å²) < 4.78 is 6.87. The van der Waals surface area contributed by atoms with E-state index in [1.165, 1.54) is 10.8 Å². The van der Waals surface area contributed by atoms with Gasteiger partial charge in [-0.15, -0.1) is 0 Å². The highest BCUT2D eigenvalue weighted by molar-refractivity contribution is 6.13. The van der Waals surface area contributed by atoms with Gasteiger partial charge in [-0.1, -0.05) is 127 Å². The Labute approximate surface area is 361 Å². The normalized spacial score (nSPS) is 11.8. The molecule has 7 heteroatoms. The standard InChI is InChI=1S/C56H35N7/c1-4-15-36(16-5-1)54-58-55(37-17-6-2-7-18-37)60-56(59-54)63-48-24-13-11-22-43(48)45-34-39(27-30-50(45)63)38-26-29-49-44(33-38)42-21-10-12-23-47(42)62(49)41-28-31-51-46(35-41)53-52(25-14-32-57-53)61(51)40-19-8-3-9-20-40/h1-35H. The summed E-state index contributed by atoms with van der Waals surface area (Å²) in [5, 5.41) is 5.78. The van der Waals surface area contributed by atoms with Gasteiger partial charge in [-0.25, -0.2) is 4.98 Å². The van der Waals surface area contributed by atoms with Gasteiger partial charge in [-0.2, -0.15) is 9.97 Å². The predicted octanol–water partition coefficient (Wildman–Crippen LogP) is 13.6. The monoisotopic (exact) mass is 805 g/mol. The zero-order chi connectivity index (χ0) is 41.4. The molecule has 5 heterocycles. The zero-order valence-electron chi connectivity index (χ0n) is 33.8. The van der Waals surface area contributed by atoms with Crippen LogP contribution in [0.1, 0.15) is 0 Å². The van der Waals surface area contributed by atoms with Crippen molar-refractivity contribution >= 4 is 65.5 Å². The summed E-state index contributed by atoms with van der Waals surface area (Å²) in [6.45, 7) is 0. The number of benzene rings is 8. The largest absolute Gasteiger partial charge is 0.309 e. The van der Waals surface area contributed by atoms with Crippen molar-refractivity contribution < 1.29 is 0 Å². The molecule has 0 spiro atoms. The quantitative estimate of drug-likeness (QED) is 0.168. The van der Waals surface area contributed by atoms with Crippen molar-refractivity contribution in [3.05, 3.63) is 212 Å². The van der Waals surface area contributed by atoms with Gasteiger partial charge in [0.1, 0.15) is 0 Å². The maximum Gasteiger partial charge on any atom is 0.238 e. The Bertz CT molecular complexity index is 3840. The highest BCUT2D eigenvalue weighted by Crippen LogP contribution is 2.40. The SMILES string of the molecule is c1ccc(-c2nc(-c3ccccc3)nc(-n3c4ccccc4c4cc(-c5ccc6c(c5)c5ccccc5n6-c5ccc6c(c5)c5ncccc5n6-c5ccccc5)ccc43)n2)cc1. The van der Waals surface area contributed by atoms with E-state index in [9.17, 15) is 0 Å². The third-order valence-corrected chi connectivity index (χ3v) is 12.3. The van der Waals surface area contributed by atoms with Crippen LogP contribution in [0.5, 0.6) is 0 Å². The number of nitrogens with zero attached hydrogens (tertiary/aromatic N) is 7. The van der Waals surface area contributed by atoms with Gasteiger partial charge in [0.25, 0.3) is 0 Å². The lowest BCUT2D eigenvalue weighted by atomic mass is 10.0. The molecule has 0 aliphatic carbocycles. The molecule has 0 fully saturated rings. The minimum atomic E-state index is 0.578. The Morgan fingerprint density at radius 1 is 0.286 bits per heavy atom. The maximum absolute atomic E-state index is 5.12. The smallest absolute Gasteiger partial charge is 0.238 e. The third kappa shape index (κ3) is 5.53. The summed E-state index contributed by atoms with van der Waals surface area (Å²) in [6.07, 6.45) is 1.89. The fourth-order valence-corrected chi connectivity index (χ4v) is 9.51. The van der Waals surface area contributed by atoms with Crippen molar-refractivity contribution in [3.8, 4) is 51.2 Å². The number of aromatic nitrogens is 7. The first-order chi connectivity index (χ1) is 31.2. The molecular weight excluding hydrogens is 771 g/mol. The predicted molar refractivity (Wildman–Crippen MR) is 257 cm³/mol. The number of fused-ring (bicyclic) bond motifs is 9. The van der Waals surface area contributed by atoms with E-state index in [0.29, 0.717) is 17.6 Å². The summed E-state index contributed by atoms with van der Waals surface area (Å²) >= 11 is 0. The van der Waals surface area contributed by atoms with Crippen molar-refractivity contribution in [1.29, 1.82) is 0 Å². The third-order valence-electron chi connectivity index (χ3n) is 12.3. The van der Waals surface area contributed by atoms with Crippen LogP contribution in [0.2, 0.25) is 0 Å². The van der Waals surface area contributed by atoms with Crippen molar-refractivity contribution in [2.75, 3.05) is 0 Å². The molecule has 0 aliphatic rings. The van der Waals surface area contributed by atoms with Crippen molar-refractivity contribution in [2.24, 2.45) is 0 Å². The fraction of sp³-hybridized carbons (Fsp3) is 0. The highest BCUT2D eigenvalue weighted by Gasteiger charge is 2.20. The summed E-state index contributed by atoms with van der Waals surface area (Å²) in [5.74, 6) is 1.84. The van der Waals surface area contributed by atoms with E-state index in [-0.39, 0.29) is 0 Å². The topological polar surface area (TPSA) is 66.3 Å². The molecular formula is C56H35N7. The Morgan fingerprint density at radius 3 is 1.40 bits per heavy atom. The minimum absolute atomic E-state index is 0.578. The molecule has 0 radical (unpaired) electrons. The van der Waals surface area contributed by atoms with E-state index < -0.39 is 0 Å². The van der Waals surface area contributed by atoms with Gasteiger partial charge in [-0.3, -0.25) is 9.55 Å². The molecule has 0 aliphatic heterocycles. The van der Waals surface area contributed by atoms with Gasteiger partial charge in [0.05, 0.1) is 38.6 Å². The van der Waals surface area contributed by atoms with E-state index in [1.807, 2.05) is 72.9 Å². The van der Waals surface area contributed by atoms with Crippen LogP contribution in [0.15, 0.2) is 212 Å². The van der Waals surface area contributed by atoms with E-state index in [4.69, 9.17) is 19.9 Å². The van der Waals surface area contributed by atoms with Crippen LogP contribution >= 0.6 is 0 Å². The van der Waals surface area contributed by atoms with E-state index in [0.717, 1.165) is 88.4 Å². The highest BCUT2D eigenvalue weighted by atomic mass is 15.2. The first kappa shape index (κ1) is 35.1. The maximum atomic E-state index is 5.12. The zero-order valence-corrected chi connectivity index (χ0v) is 33.8. The summed E-state index contributed by atoms with van der Waals surface area (Å²) in [6, 6.07) is 72.6. The second-order valence-electron chi connectivity index (χ2n) is 15.9. The number of hydrogen-bond acceptors (Lipinski definition) is 4. The summed E-state index contributed by atoms with van der Waals surface area (Å²) in [4.78, 5) is 20.1. The van der Waals surface area contributed by atoms with Crippen LogP contribution in [-0.4, -0.2) is 33.6 Å². The average Bonchev–Trinajstić information content (AvgIpc) is 3.99. The van der Waals surface area contributed by atoms with Crippen LogP contribution in [0, 0.1) is 0 Å². The van der Waals surface area contributed by atoms with Gasteiger partial charge in [0.15, 0.2) is 11.6 Å². The molecule has 0 bridgehead atoms. The van der Waals surface area contributed by atoms with Crippen molar-refractivity contribution in [3.63, 3.8) is 0 Å². The van der Waals surface area contributed by atoms with Gasteiger partial charge in [0, 0.05) is 55.6 Å². The number of rotatable bonds is 6. The lowest BCUT2D eigenvalue weighted by Crippen LogP contribution is -2.06. The number of pyridine rings is 1. The molecule has 0 N–H and O–H groups in total. The van der Waals surface area contributed by atoms with Gasteiger partial charge in [0.2, 0.25) is 5.95 Å². The molecule has 0 unspecified atom stereocenters. The average molecular weight is 806 g/mol. The second-order valence-corrected chi connectivity index (χ2v) is 15.9. The molecule has 7 nitrogen and oxygen atoms in total. The molecule has 63 heavy (non-hydrogen) atoms. The molecule has 0 saturated carbocycles.